The van der Waals surface area contributed by atoms with Crippen LogP contribution in [0.3, 0.4) is 0 Å². The molecule has 0 radical (unpaired) electrons. The lowest BCUT2D eigenvalue weighted by Gasteiger charge is -2.31. The van der Waals surface area contributed by atoms with Crippen LogP contribution < -0.4 is 5.32 Å². The van der Waals surface area contributed by atoms with Crippen molar-refractivity contribution < 1.29 is 9.90 Å². The summed E-state index contributed by atoms with van der Waals surface area (Å²) in [5.74, 6) is -0.520. The molecular weight excluding hydrogens is 242 g/mol. The second-order valence-electron chi connectivity index (χ2n) is 5.51. The van der Waals surface area contributed by atoms with Crippen LogP contribution in [-0.2, 0) is 11.3 Å². The Morgan fingerprint density at radius 3 is 2.89 bits per heavy atom. The molecule has 0 saturated heterocycles. The van der Waals surface area contributed by atoms with Crippen molar-refractivity contribution in [1.29, 1.82) is 0 Å². The number of nitrogens with zero attached hydrogens (tertiary/aromatic N) is 2. The van der Waals surface area contributed by atoms with E-state index in [1.807, 2.05) is 13.3 Å². The highest BCUT2D eigenvalue weighted by Gasteiger charge is 2.47. The quantitative estimate of drug-likeness (QED) is 0.851. The van der Waals surface area contributed by atoms with Crippen LogP contribution in [0.4, 0.5) is 0 Å². The van der Waals surface area contributed by atoms with Crippen LogP contribution in [0.15, 0.2) is 6.33 Å². The number of likely N-dealkylation sites (N-methyl/N-ethyl adjacent to an activating group) is 1. The SMILES string of the molecule is CNC1(C(=O)O)CCCC1CCn1cnc(C)c1C. The van der Waals surface area contributed by atoms with E-state index in [1.54, 1.807) is 7.05 Å². The summed E-state index contributed by atoms with van der Waals surface area (Å²) in [7, 11) is 1.76. The van der Waals surface area contributed by atoms with E-state index < -0.39 is 11.5 Å². The fourth-order valence-electron chi connectivity index (χ4n) is 3.25. The van der Waals surface area contributed by atoms with Crippen molar-refractivity contribution in [2.45, 2.75) is 51.6 Å². The highest BCUT2D eigenvalue weighted by atomic mass is 16.4. The van der Waals surface area contributed by atoms with E-state index in [0.717, 1.165) is 37.9 Å². The van der Waals surface area contributed by atoms with Gasteiger partial charge in [-0.1, -0.05) is 6.42 Å². The fourth-order valence-corrected chi connectivity index (χ4v) is 3.25. The van der Waals surface area contributed by atoms with Gasteiger partial charge < -0.3 is 15.0 Å². The molecule has 106 valence electrons. The highest BCUT2D eigenvalue weighted by molar-refractivity contribution is 5.79. The van der Waals surface area contributed by atoms with Crippen LogP contribution in [0.1, 0.15) is 37.1 Å². The molecule has 5 nitrogen and oxygen atoms in total. The van der Waals surface area contributed by atoms with E-state index in [0.29, 0.717) is 0 Å². The minimum Gasteiger partial charge on any atom is -0.480 e. The number of carbonyl (C=O) groups is 1. The maximum Gasteiger partial charge on any atom is 0.324 e. The van der Waals surface area contributed by atoms with Crippen LogP contribution >= 0.6 is 0 Å². The van der Waals surface area contributed by atoms with Gasteiger partial charge in [0.1, 0.15) is 5.54 Å². The van der Waals surface area contributed by atoms with Crippen LogP contribution in [0.25, 0.3) is 0 Å². The van der Waals surface area contributed by atoms with Crippen LogP contribution in [-0.4, -0.2) is 33.2 Å². The lowest BCUT2D eigenvalue weighted by Crippen LogP contribution is -2.53. The number of hydrogen-bond donors (Lipinski definition) is 2. The number of aromatic nitrogens is 2. The van der Waals surface area contributed by atoms with Crippen LogP contribution in [0.5, 0.6) is 0 Å². The van der Waals surface area contributed by atoms with E-state index in [2.05, 4.69) is 21.8 Å². The van der Waals surface area contributed by atoms with Crippen LogP contribution in [0.2, 0.25) is 0 Å². The standard InChI is InChI=1S/C14H23N3O2/c1-10-11(2)17(9-16-10)8-6-12-5-4-7-14(12,15-3)13(18)19/h9,12,15H,4-8H2,1-3H3,(H,18,19). The number of aryl methyl sites for hydroxylation is 2. The molecule has 1 fully saturated rings. The summed E-state index contributed by atoms with van der Waals surface area (Å²) < 4.78 is 2.12. The first-order valence-corrected chi connectivity index (χ1v) is 6.92. The highest BCUT2D eigenvalue weighted by Crippen LogP contribution is 2.38. The van der Waals surface area contributed by atoms with Gasteiger partial charge in [-0.2, -0.15) is 0 Å². The van der Waals surface area contributed by atoms with Crippen molar-refractivity contribution in [2.24, 2.45) is 5.92 Å². The molecule has 1 aromatic rings. The Labute approximate surface area is 114 Å². The molecule has 5 heteroatoms. The van der Waals surface area contributed by atoms with Crippen molar-refractivity contribution in [1.82, 2.24) is 14.9 Å². The molecular formula is C14H23N3O2. The van der Waals surface area contributed by atoms with Gasteiger partial charge in [-0.15, -0.1) is 0 Å². The first-order chi connectivity index (χ1) is 9.01. The Bertz CT molecular complexity index is 469. The molecule has 2 N–H and O–H groups in total. The lowest BCUT2D eigenvalue weighted by atomic mass is 9.84. The van der Waals surface area contributed by atoms with E-state index in [-0.39, 0.29) is 5.92 Å². The van der Waals surface area contributed by atoms with E-state index in [4.69, 9.17) is 0 Å². The van der Waals surface area contributed by atoms with Gasteiger partial charge in [-0.3, -0.25) is 4.79 Å². The Balaban J connectivity index is 2.06. The first kappa shape index (κ1) is 14.1. The zero-order valence-corrected chi connectivity index (χ0v) is 11.9. The molecule has 0 aromatic carbocycles. The number of carboxylic acids is 1. The van der Waals surface area contributed by atoms with Crippen molar-refractivity contribution >= 4 is 5.97 Å². The smallest absolute Gasteiger partial charge is 0.324 e. The number of aliphatic carboxylic acids is 1. The monoisotopic (exact) mass is 265 g/mol. The first-order valence-electron chi connectivity index (χ1n) is 6.92. The second kappa shape index (κ2) is 5.33. The van der Waals surface area contributed by atoms with E-state index in [9.17, 15) is 9.90 Å². The Morgan fingerprint density at radius 2 is 2.37 bits per heavy atom. The zero-order valence-electron chi connectivity index (χ0n) is 11.9. The number of rotatable bonds is 5. The normalized spacial score (nSPS) is 26.8. The summed E-state index contributed by atoms with van der Waals surface area (Å²) in [4.78, 5) is 15.8. The molecule has 1 aromatic heterocycles. The van der Waals surface area contributed by atoms with Gasteiger partial charge in [0, 0.05) is 12.2 Å². The van der Waals surface area contributed by atoms with Gasteiger partial charge in [-0.05, 0) is 46.1 Å². The molecule has 0 aliphatic heterocycles. The minimum atomic E-state index is -0.733. The van der Waals surface area contributed by atoms with Gasteiger partial charge in [0.15, 0.2) is 0 Å². The average molecular weight is 265 g/mol. The number of carboxylic acid groups (broad SMARTS) is 1. The summed E-state index contributed by atoms with van der Waals surface area (Å²) in [6.45, 7) is 4.89. The summed E-state index contributed by atoms with van der Waals surface area (Å²) in [6, 6.07) is 0. The van der Waals surface area contributed by atoms with Crippen molar-refractivity contribution in [3.63, 3.8) is 0 Å². The summed E-state index contributed by atoms with van der Waals surface area (Å²) in [5.41, 5.74) is 1.48. The minimum absolute atomic E-state index is 0.192. The van der Waals surface area contributed by atoms with Crippen molar-refractivity contribution in [3.8, 4) is 0 Å². The lowest BCUT2D eigenvalue weighted by molar-refractivity contribution is -0.146. The van der Waals surface area contributed by atoms with E-state index in [1.165, 1.54) is 5.69 Å². The van der Waals surface area contributed by atoms with Crippen molar-refractivity contribution in [2.75, 3.05) is 7.05 Å². The third kappa shape index (κ3) is 2.39. The molecule has 1 heterocycles. The largest absolute Gasteiger partial charge is 0.480 e. The molecule has 0 bridgehead atoms. The Hall–Kier alpha value is -1.36. The van der Waals surface area contributed by atoms with E-state index >= 15 is 0 Å². The molecule has 1 saturated carbocycles. The number of hydrogen-bond acceptors (Lipinski definition) is 3. The third-order valence-corrected chi connectivity index (χ3v) is 4.71. The maximum atomic E-state index is 11.6. The molecule has 1 aliphatic carbocycles. The molecule has 2 rings (SSSR count). The summed E-state index contributed by atoms with van der Waals surface area (Å²) in [5, 5.41) is 12.6. The van der Waals surface area contributed by atoms with Gasteiger partial charge in [0.2, 0.25) is 0 Å². The van der Waals surface area contributed by atoms with Gasteiger partial charge >= 0.3 is 5.97 Å². The van der Waals surface area contributed by atoms with Gasteiger partial charge in [-0.25, -0.2) is 4.98 Å². The molecule has 0 amide bonds. The van der Waals surface area contributed by atoms with Gasteiger partial charge in [0.05, 0.1) is 12.0 Å². The second-order valence-corrected chi connectivity index (χ2v) is 5.51. The predicted molar refractivity (Wildman–Crippen MR) is 73.1 cm³/mol. The zero-order chi connectivity index (χ0) is 14.0. The molecule has 0 spiro atoms. The predicted octanol–water partition coefficient (Wildman–Crippen LogP) is 1.73. The number of nitrogens with one attached hydrogen (secondary N) is 1. The molecule has 19 heavy (non-hydrogen) atoms. The Kier molecular flexibility index (Phi) is 3.94. The number of imidazole rings is 1. The summed E-state index contributed by atoms with van der Waals surface area (Å²) >= 11 is 0. The van der Waals surface area contributed by atoms with Crippen LogP contribution in [0, 0.1) is 19.8 Å². The Morgan fingerprint density at radius 1 is 1.63 bits per heavy atom. The third-order valence-electron chi connectivity index (χ3n) is 4.71. The topological polar surface area (TPSA) is 67.2 Å². The van der Waals surface area contributed by atoms with Crippen molar-refractivity contribution in [3.05, 3.63) is 17.7 Å². The average Bonchev–Trinajstić information content (AvgIpc) is 2.94. The molecule has 2 unspecified atom stereocenters. The molecule has 2 atom stereocenters. The summed E-state index contributed by atoms with van der Waals surface area (Å²) in [6.07, 6.45) is 5.43. The van der Waals surface area contributed by atoms with Gasteiger partial charge in [0.25, 0.3) is 0 Å². The maximum absolute atomic E-state index is 11.6. The fraction of sp³-hybridized carbons (Fsp3) is 0.714. The molecule has 1 aliphatic rings.